The van der Waals surface area contributed by atoms with E-state index in [0.29, 0.717) is 26.1 Å². The van der Waals surface area contributed by atoms with Crippen LogP contribution < -0.4 is 0 Å². The van der Waals surface area contributed by atoms with Crippen molar-refractivity contribution in [3.8, 4) is 0 Å². The lowest BCUT2D eigenvalue weighted by Gasteiger charge is -2.15. The summed E-state index contributed by atoms with van der Waals surface area (Å²) in [5, 5.41) is 0. The van der Waals surface area contributed by atoms with Crippen LogP contribution in [0.2, 0.25) is 0 Å². The van der Waals surface area contributed by atoms with Crippen molar-refractivity contribution < 1.29 is 19.1 Å². The molecule has 214 valence electrons. The Labute approximate surface area is 225 Å². The smallest absolute Gasteiger partial charge is 0.308 e. The summed E-state index contributed by atoms with van der Waals surface area (Å²) < 4.78 is 10.9. The predicted molar refractivity (Wildman–Crippen MR) is 153 cm³/mol. The van der Waals surface area contributed by atoms with Gasteiger partial charge in [0.15, 0.2) is 0 Å². The minimum Gasteiger partial charge on any atom is -0.466 e. The zero-order valence-electron chi connectivity index (χ0n) is 24.9. The highest BCUT2D eigenvalue weighted by molar-refractivity contribution is 5.74. The van der Waals surface area contributed by atoms with Crippen LogP contribution in [0.15, 0.2) is 0 Å². The Kier molecular flexibility index (Phi) is 24.8. The summed E-state index contributed by atoms with van der Waals surface area (Å²) in [6.45, 7) is 12.2. The van der Waals surface area contributed by atoms with Gasteiger partial charge in [-0.25, -0.2) is 0 Å². The van der Waals surface area contributed by atoms with Gasteiger partial charge in [-0.3, -0.25) is 9.59 Å². The van der Waals surface area contributed by atoms with Gasteiger partial charge in [0.25, 0.3) is 0 Å². The Morgan fingerprint density at radius 3 is 1.39 bits per heavy atom. The van der Waals surface area contributed by atoms with Gasteiger partial charge in [-0.05, 0) is 37.5 Å². The first-order valence-electron chi connectivity index (χ1n) is 15.7. The van der Waals surface area contributed by atoms with Crippen molar-refractivity contribution in [2.45, 2.75) is 163 Å². The molecule has 0 rings (SSSR count). The molecule has 0 radical (unpaired) electrons. The summed E-state index contributed by atoms with van der Waals surface area (Å²) in [4.78, 5) is 24.6. The highest BCUT2D eigenvalue weighted by Crippen LogP contribution is 2.18. The molecule has 0 heterocycles. The fraction of sp³-hybridized carbons (Fsp3) is 0.938. The minimum atomic E-state index is -0.181. The molecule has 4 heteroatoms. The van der Waals surface area contributed by atoms with Crippen LogP contribution in [0.25, 0.3) is 0 Å². The second-order valence-electron chi connectivity index (χ2n) is 11.7. The first kappa shape index (κ1) is 34.9. The Bertz CT molecular complexity index is 500. The van der Waals surface area contributed by atoms with E-state index < -0.39 is 0 Å². The molecule has 4 nitrogen and oxygen atoms in total. The molecule has 0 saturated heterocycles. The number of hydrogen-bond acceptors (Lipinski definition) is 4. The fourth-order valence-corrected chi connectivity index (χ4v) is 4.65. The Morgan fingerprint density at radius 1 is 0.528 bits per heavy atom. The van der Waals surface area contributed by atoms with Crippen LogP contribution in [0.3, 0.4) is 0 Å². The third kappa shape index (κ3) is 24.6. The number of esters is 2. The summed E-state index contributed by atoms with van der Waals surface area (Å²) in [5.41, 5.74) is 0. The van der Waals surface area contributed by atoms with Crippen LogP contribution in [0.1, 0.15) is 163 Å². The van der Waals surface area contributed by atoms with E-state index in [1.807, 2.05) is 0 Å². The lowest BCUT2D eigenvalue weighted by atomic mass is 9.98. The third-order valence-electron chi connectivity index (χ3n) is 7.03. The molecule has 36 heavy (non-hydrogen) atoms. The molecule has 0 fully saturated rings. The van der Waals surface area contributed by atoms with E-state index in [0.717, 1.165) is 50.4 Å². The first-order chi connectivity index (χ1) is 17.4. The van der Waals surface area contributed by atoms with Gasteiger partial charge in [0.05, 0.1) is 19.1 Å². The summed E-state index contributed by atoms with van der Waals surface area (Å²) >= 11 is 0. The summed E-state index contributed by atoms with van der Waals surface area (Å²) in [7, 11) is 0. The van der Waals surface area contributed by atoms with Gasteiger partial charge in [-0.2, -0.15) is 0 Å². The maximum absolute atomic E-state index is 12.5. The van der Waals surface area contributed by atoms with Crippen LogP contribution >= 0.6 is 0 Å². The predicted octanol–water partition coefficient (Wildman–Crippen LogP) is 9.82. The average Bonchev–Trinajstić information content (AvgIpc) is 2.83. The monoisotopic (exact) mass is 510 g/mol. The van der Waals surface area contributed by atoms with E-state index >= 15 is 0 Å². The number of ether oxygens (including phenoxy) is 2. The second-order valence-corrected chi connectivity index (χ2v) is 11.7. The molecule has 0 saturated carbocycles. The lowest BCUT2D eigenvalue weighted by Crippen LogP contribution is -2.20. The number of carbonyl (C=O) groups is 2. The summed E-state index contributed by atoms with van der Waals surface area (Å²) in [6.07, 6.45) is 22.4. The molecule has 0 aliphatic rings. The van der Waals surface area contributed by atoms with Crippen molar-refractivity contribution in [1.82, 2.24) is 0 Å². The third-order valence-corrected chi connectivity index (χ3v) is 7.03. The molecular formula is C32H62O4. The lowest BCUT2D eigenvalue weighted by molar-refractivity contribution is -0.150. The van der Waals surface area contributed by atoms with Crippen LogP contribution in [-0.4, -0.2) is 25.2 Å². The van der Waals surface area contributed by atoms with Gasteiger partial charge >= 0.3 is 11.9 Å². The molecule has 0 N–H and O–H groups in total. The molecule has 0 spiro atoms. The minimum absolute atomic E-state index is 0.133. The van der Waals surface area contributed by atoms with Gasteiger partial charge in [0, 0.05) is 6.42 Å². The van der Waals surface area contributed by atoms with E-state index in [-0.39, 0.29) is 17.9 Å². The van der Waals surface area contributed by atoms with Crippen molar-refractivity contribution in [3.63, 3.8) is 0 Å². The molecule has 0 aromatic rings. The zero-order valence-corrected chi connectivity index (χ0v) is 24.9. The molecular weight excluding hydrogens is 448 g/mol. The van der Waals surface area contributed by atoms with Crippen LogP contribution in [-0.2, 0) is 19.1 Å². The maximum atomic E-state index is 12.5. The van der Waals surface area contributed by atoms with E-state index in [9.17, 15) is 9.59 Å². The highest BCUT2D eigenvalue weighted by Gasteiger charge is 2.20. The van der Waals surface area contributed by atoms with Gasteiger partial charge < -0.3 is 9.47 Å². The van der Waals surface area contributed by atoms with Gasteiger partial charge in [0.2, 0.25) is 0 Å². The topological polar surface area (TPSA) is 52.6 Å². The largest absolute Gasteiger partial charge is 0.466 e. The molecule has 0 bridgehead atoms. The van der Waals surface area contributed by atoms with E-state index in [1.54, 1.807) is 0 Å². The molecule has 0 aliphatic heterocycles. The molecule has 0 amide bonds. The fourth-order valence-electron chi connectivity index (χ4n) is 4.65. The molecule has 0 aromatic heterocycles. The quantitative estimate of drug-likeness (QED) is 0.0858. The van der Waals surface area contributed by atoms with E-state index in [2.05, 4.69) is 34.6 Å². The maximum Gasteiger partial charge on any atom is 0.308 e. The van der Waals surface area contributed by atoms with Crippen molar-refractivity contribution in [1.29, 1.82) is 0 Å². The van der Waals surface area contributed by atoms with Crippen LogP contribution in [0, 0.1) is 17.8 Å². The van der Waals surface area contributed by atoms with Crippen LogP contribution in [0.5, 0.6) is 0 Å². The number of carbonyl (C=O) groups excluding carboxylic acids is 2. The second kappa shape index (κ2) is 25.6. The first-order valence-corrected chi connectivity index (χ1v) is 15.7. The molecule has 1 unspecified atom stereocenters. The van der Waals surface area contributed by atoms with E-state index in [1.165, 1.54) is 77.0 Å². The normalized spacial score (nSPS) is 12.3. The number of rotatable bonds is 26. The highest BCUT2D eigenvalue weighted by atomic mass is 16.5. The van der Waals surface area contributed by atoms with Gasteiger partial charge in [0.1, 0.15) is 0 Å². The van der Waals surface area contributed by atoms with Crippen molar-refractivity contribution in [2.24, 2.45) is 17.8 Å². The van der Waals surface area contributed by atoms with Crippen molar-refractivity contribution in [3.05, 3.63) is 0 Å². The number of hydrogen-bond donors (Lipinski definition) is 0. The molecule has 1 atom stereocenters. The van der Waals surface area contributed by atoms with Crippen LogP contribution in [0.4, 0.5) is 0 Å². The molecule has 0 aromatic carbocycles. The van der Waals surface area contributed by atoms with Crippen molar-refractivity contribution >= 4 is 11.9 Å². The standard InChI is InChI=1S/C32H62O4/c1-6-21-30(32(34)36-27-20-16-12-8-10-14-18-23-29(4)5)24-25-31(33)35-26-19-15-11-7-9-13-17-22-28(2)3/h28-30H,6-27H2,1-5H3. The van der Waals surface area contributed by atoms with Crippen molar-refractivity contribution in [2.75, 3.05) is 13.2 Å². The zero-order chi connectivity index (χ0) is 26.9. The van der Waals surface area contributed by atoms with Gasteiger partial charge in [-0.15, -0.1) is 0 Å². The Hall–Kier alpha value is -1.06. The summed E-state index contributed by atoms with van der Waals surface area (Å²) in [6, 6.07) is 0. The van der Waals surface area contributed by atoms with E-state index in [4.69, 9.17) is 9.47 Å². The Balaban J connectivity index is 3.73. The SMILES string of the molecule is CCCC(CCC(=O)OCCCCCCCCCC(C)C)C(=O)OCCCCCCCCCC(C)C. The van der Waals surface area contributed by atoms with Gasteiger partial charge in [-0.1, -0.05) is 131 Å². The molecule has 0 aliphatic carbocycles. The average molecular weight is 511 g/mol. The number of unbranched alkanes of at least 4 members (excludes halogenated alkanes) is 12. The summed E-state index contributed by atoms with van der Waals surface area (Å²) in [5.74, 6) is 1.14. The Morgan fingerprint density at radius 2 is 0.944 bits per heavy atom.